The zero-order chi connectivity index (χ0) is 24.9. The van der Waals surface area contributed by atoms with Crippen molar-refractivity contribution in [2.75, 3.05) is 25.5 Å². The van der Waals surface area contributed by atoms with Gasteiger partial charge >= 0.3 is 12.1 Å². The van der Waals surface area contributed by atoms with Gasteiger partial charge in [0.25, 0.3) is 0 Å². The van der Waals surface area contributed by atoms with Crippen LogP contribution in [0.4, 0.5) is 15.3 Å². The highest BCUT2D eigenvalue weighted by Crippen LogP contribution is 2.35. The molecule has 0 spiro atoms. The average Bonchev–Trinajstić information content (AvgIpc) is 3.58. The number of carbonyl (C=O) groups is 2. The zero-order valence-corrected chi connectivity index (χ0v) is 21.7. The van der Waals surface area contributed by atoms with Crippen molar-refractivity contribution in [2.24, 2.45) is 5.92 Å². The highest BCUT2D eigenvalue weighted by Gasteiger charge is 2.37. The lowest BCUT2D eigenvalue weighted by atomic mass is 10.0. The van der Waals surface area contributed by atoms with Crippen LogP contribution < -0.4 is 26.6 Å². The number of halogens is 2. The molecule has 1 saturated heterocycles. The van der Waals surface area contributed by atoms with Crippen molar-refractivity contribution >= 4 is 41.0 Å². The van der Waals surface area contributed by atoms with E-state index in [0.29, 0.717) is 34.2 Å². The van der Waals surface area contributed by atoms with E-state index in [4.69, 9.17) is 27.9 Å². The van der Waals surface area contributed by atoms with E-state index in [1.54, 1.807) is 30.1 Å². The molecule has 1 aliphatic carbocycles. The number of nitrogens with zero attached hydrogens (tertiary/aromatic N) is 1. The second-order valence-electron chi connectivity index (χ2n) is 9.94. The highest BCUT2D eigenvalue weighted by atomic mass is 35.5. The maximum absolute atomic E-state index is 12.5. The molecule has 190 valence electrons. The van der Waals surface area contributed by atoms with Crippen LogP contribution in [-0.2, 0) is 4.74 Å². The first-order valence-corrected chi connectivity index (χ1v) is 12.5. The fourth-order valence-corrected chi connectivity index (χ4v) is 4.10. The first kappa shape index (κ1) is 26.8. The number of carbonyl (C=O) groups excluding carboxylic acids is 2. The van der Waals surface area contributed by atoms with E-state index in [-0.39, 0.29) is 24.6 Å². The van der Waals surface area contributed by atoms with E-state index in [9.17, 15) is 9.59 Å². The SMILES string of the molecule is CN(CCCNC1CC(C2CC2)NC(NC(=O)Nc2ccc(Cl)c(Cl)c2)N1)C(=O)OC(C)(C)C. The summed E-state index contributed by atoms with van der Waals surface area (Å²) in [6, 6.07) is 4.91. The van der Waals surface area contributed by atoms with Crippen molar-refractivity contribution in [3.05, 3.63) is 28.2 Å². The Kier molecular flexibility index (Phi) is 9.28. The number of benzene rings is 1. The molecule has 0 aromatic heterocycles. The summed E-state index contributed by atoms with van der Waals surface area (Å²) in [6.45, 7) is 6.88. The van der Waals surface area contributed by atoms with Crippen LogP contribution in [-0.4, -0.2) is 61.3 Å². The van der Waals surface area contributed by atoms with Gasteiger partial charge < -0.3 is 25.6 Å². The first-order chi connectivity index (χ1) is 16.0. The predicted octanol–water partition coefficient (Wildman–Crippen LogP) is 3.93. The third-order valence-electron chi connectivity index (χ3n) is 5.65. The quantitative estimate of drug-likeness (QED) is 0.336. The Balaban J connectivity index is 1.44. The largest absolute Gasteiger partial charge is 0.444 e. The van der Waals surface area contributed by atoms with Crippen LogP contribution in [0.15, 0.2) is 18.2 Å². The van der Waals surface area contributed by atoms with Crippen molar-refractivity contribution in [2.45, 2.75) is 70.6 Å². The minimum atomic E-state index is -0.505. The summed E-state index contributed by atoms with van der Waals surface area (Å²) in [6.07, 6.45) is 3.43. The van der Waals surface area contributed by atoms with Crippen LogP contribution >= 0.6 is 23.2 Å². The molecule has 9 nitrogen and oxygen atoms in total. The number of hydrogen-bond donors (Lipinski definition) is 5. The second-order valence-corrected chi connectivity index (χ2v) is 10.7. The van der Waals surface area contributed by atoms with Gasteiger partial charge in [0.2, 0.25) is 0 Å². The molecule has 1 aliphatic heterocycles. The molecule has 2 fully saturated rings. The average molecular weight is 515 g/mol. The number of ether oxygens (including phenoxy) is 1. The highest BCUT2D eigenvalue weighted by molar-refractivity contribution is 6.42. The maximum atomic E-state index is 12.5. The van der Waals surface area contributed by atoms with E-state index in [0.717, 1.165) is 19.4 Å². The Morgan fingerprint density at radius 2 is 1.91 bits per heavy atom. The molecule has 0 radical (unpaired) electrons. The third kappa shape index (κ3) is 8.78. The summed E-state index contributed by atoms with van der Waals surface area (Å²) in [5, 5.41) is 16.9. The molecule has 11 heteroatoms. The van der Waals surface area contributed by atoms with Crippen molar-refractivity contribution in [3.63, 3.8) is 0 Å². The van der Waals surface area contributed by atoms with Gasteiger partial charge in [-0.25, -0.2) is 9.59 Å². The first-order valence-electron chi connectivity index (χ1n) is 11.7. The molecule has 3 amide bonds. The number of rotatable bonds is 8. The normalized spacial score (nSPS) is 22.7. The molecule has 1 aromatic carbocycles. The van der Waals surface area contributed by atoms with Crippen molar-refractivity contribution in [3.8, 4) is 0 Å². The number of hydrogen-bond acceptors (Lipinski definition) is 6. The van der Waals surface area contributed by atoms with Gasteiger partial charge in [-0.2, -0.15) is 0 Å². The molecule has 5 N–H and O–H groups in total. The van der Waals surface area contributed by atoms with Gasteiger partial charge in [-0.05, 0) is 77.1 Å². The number of nitrogens with one attached hydrogen (secondary N) is 5. The molecule has 0 bridgehead atoms. The van der Waals surface area contributed by atoms with E-state index in [1.165, 1.54) is 12.8 Å². The van der Waals surface area contributed by atoms with Crippen LogP contribution in [0.5, 0.6) is 0 Å². The summed E-state index contributed by atoms with van der Waals surface area (Å²) < 4.78 is 5.39. The summed E-state index contributed by atoms with van der Waals surface area (Å²) in [5.41, 5.74) is 0.0550. The minimum Gasteiger partial charge on any atom is -0.444 e. The Morgan fingerprint density at radius 3 is 2.56 bits per heavy atom. The van der Waals surface area contributed by atoms with Crippen LogP contribution in [0, 0.1) is 5.92 Å². The molecule has 3 unspecified atom stereocenters. The Labute approximate surface area is 211 Å². The van der Waals surface area contributed by atoms with E-state index in [1.807, 2.05) is 20.8 Å². The van der Waals surface area contributed by atoms with Crippen LogP contribution in [0.2, 0.25) is 10.0 Å². The third-order valence-corrected chi connectivity index (χ3v) is 6.39. The maximum Gasteiger partial charge on any atom is 0.410 e. The smallest absolute Gasteiger partial charge is 0.410 e. The topological polar surface area (TPSA) is 107 Å². The molecule has 1 heterocycles. The van der Waals surface area contributed by atoms with Crippen molar-refractivity contribution in [1.82, 2.24) is 26.2 Å². The fraction of sp³-hybridized carbons (Fsp3) is 0.652. The molecule has 34 heavy (non-hydrogen) atoms. The van der Waals surface area contributed by atoms with Gasteiger partial charge in [0.1, 0.15) is 11.9 Å². The standard InChI is InChI=1S/C23H36Cl2N6O3/c1-23(2,3)34-22(33)31(4)11-5-10-26-19-13-18(14-6-7-14)28-20(29-19)30-21(32)27-15-8-9-16(24)17(25)12-15/h8-9,12,14,18-20,26,28-29H,5-7,10-11,13H2,1-4H3,(H2,27,30,32). The van der Waals surface area contributed by atoms with Crippen molar-refractivity contribution in [1.29, 1.82) is 0 Å². The summed E-state index contributed by atoms with van der Waals surface area (Å²) in [4.78, 5) is 26.2. The predicted molar refractivity (Wildman–Crippen MR) is 135 cm³/mol. The van der Waals surface area contributed by atoms with E-state index in [2.05, 4.69) is 26.6 Å². The van der Waals surface area contributed by atoms with E-state index >= 15 is 0 Å². The molecule has 1 aromatic rings. The molecule has 3 rings (SSSR count). The van der Waals surface area contributed by atoms with Gasteiger partial charge in [0.15, 0.2) is 0 Å². The summed E-state index contributed by atoms with van der Waals surface area (Å²) in [5.74, 6) is 0.632. The van der Waals surface area contributed by atoms with E-state index < -0.39 is 5.60 Å². The van der Waals surface area contributed by atoms with Crippen molar-refractivity contribution < 1.29 is 14.3 Å². The number of amides is 3. The molecule has 3 atom stereocenters. The minimum absolute atomic E-state index is 0.0361. The fourth-order valence-electron chi connectivity index (χ4n) is 3.80. The van der Waals surface area contributed by atoms with Crippen LogP contribution in [0.1, 0.15) is 46.5 Å². The van der Waals surface area contributed by atoms with Crippen LogP contribution in [0.25, 0.3) is 0 Å². The van der Waals surface area contributed by atoms with Gasteiger partial charge in [0, 0.05) is 25.3 Å². The summed E-state index contributed by atoms with van der Waals surface area (Å²) >= 11 is 12.0. The van der Waals surface area contributed by atoms with Gasteiger partial charge in [0.05, 0.1) is 16.2 Å². The lowest BCUT2D eigenvalue weighted by Crippen LogP contribution is -2.68. The second kappa shape index (κ2) is 11.8. The monoisotopic (exact) mass is 514 g/mol. The van der Waals surface area contributed by atoms with Crippen LogP contribution in [0.3, 0.4) is 0 Å². The number of anilines is 1. The Bertz CT molecular complexity index is 862. The Morgan fingerprint density at radius 1 is 1.18 bits per heavy atom. The number of urea groups is 1. The molecular weight excluding hydrogens is 479 g/mol. The zero-order valence-electron chi connectivity index (χ0n) is 20.2. The lowest BCUT2D eigenvalue weighted by molar-refractivity contribution is 0.0296. The van der Waals surface area contributed by atoms with Gasteiger partial charge in [-0.15, -0.1) is 0 Å². The summed E-state index contributed by atoms with van der Waals surface area (Å²) in [7, 11) is 1.74. The lowest BCUT2D eigenvalue weighted by Gasteiger charge is -2.38. The Hall–Kier alpha value is -1.78. The van der Waals surface area contributed by atoms with Gasteiger partial charge in [-0.3, -0.25) is 10.6 Å². The molecular formula is C23H36Cl2N6O3. The molecule has 1 saturated carbocycles. The van der Waals surface area contributed by atoms with Gasteiger partial charge in [-0.1, -0.05) is 23.2 Å². The molecule has 2 aliphatic rings.